The van der Waals surface area contributed by atoms with E-state index >= 15 is 0 Å². The van der Waals surface area contributed by atoms with Gasteiger partial charge in [0.2, 0.25) is 0 Å². The van der Waals surface area contributed by atoms with Gasteiger partial charge in [0.15, 0.2) is 11.5 Å². The van der Waals surface area contributed by atoms with E-state index in [0.717, 1.165) is 30.4 Å². The third-order valence-electron chi connectivity index (χ3n) is 6.66. The van der Waals surface area contributed by atoms with Gasteiger partial charge in [-0.3, -0.25) is 0 Å². The van der Waals surface area contributed by atoms with E-state index in [9.17, 15) is 15.3 Å². The molecule has 1 aliphatic heterocycles. The molecular formula is C18H20O4. The zero-order chi connectivity index (χ0) is 15.3. The van der Waals surface area contributed by atoms with Crippen molar-refractivity contribution in [2.45, 2.75) is 49.4 Å². The van der Waals surface area contributed by atoms with Gasteiger partial charge < -0.3 is 20.1 Å². The number of ether oxygens (including phenoxy) is 1. The predicted molar refractivity (Wildman–Crippen MR) is 79.9 cm³/mol. The second-order valence-electron chi connectivity index (χ2n) is 7.46. The molecule has 0 aromatic heterocycles. The molecule has 1 fully saturated rings. The van der Waals surface area contributed by atoms with Crippen molar-refractivity contribution in [3.05, 3.63) is 35.4 Å². The van der Waals surface area contributed by atoms with E-state index in [1.54, 1.807) is 18.2 Å². The average Bonchev–Trinajstić information content (AvgIpc) is 2.85. The highest BCUT2D eigenvalue weighted by Crippen LogP contribution is 2.66. The van der Waals surface area contributed by atoms with Gasteiger partial charge in [0.25, 0.3) is 0 Å². The maximum Gasteiger partial charge on any atom is 0.165 e. The fourth-order valence-corrected chi connectivity index (χ4v) is 5.65. The smallest absolute Gasteiger partial charge is 0.165 e. The second-order valence-corrected chi connectivity index (χ2v) is 7.46. The zero-order valence-corrected chi connectivity index (χ0v) is 12.5. The predicted octanol–water partition coefficient (Wildman–Crippen LogP) is 1.65. The van der Waals surface area contributed by atoms with Crippen LogP contribution in [0.3, 0.4) is 0 Å². The topological polar surface area (TPSA) is 69.9 Å². The van der Waals surface area contributed by atoms with Crippen LogP contribution in [0.1, 0.15) is 30.9 Å². The number of phenolic OH excluding ortho intramolecular Hbond substituents is 1. The summed E-state index contributed by atoms with van der Waals surface area (Å²) >= 11 is 0. The van der Waals surface area contributed by atoms with E-state index in [4.69, 9.17) is 4.74 Å². The summed E-state index contributed by atoms with van der Waals surface area (Å²) in [7, 11) is 0. The Morgan fingerprint density at radius 2 is 2.14 bits per heavy atom. The minimum absolute atomic E-state index is 0.106. The Morgan fingerprint density at radius 3 is 2.95 bits per heavy atom. The van der Waals surface area contributed by atoms with Gasteiger partial charge in [-0.2, -0.15) is 0 Å². The number of rotatable bonds is 0. The van der Waals surface area contributed by atoms with Crippen LogP contribution >= 0.6 is 0 Å². The molecular weight excluding hydrogens is 280 g/mol. The summed E-state index contributed by atoms with van der Waals surface area (Å²) in [5, 5.41) is 32.3. The zero-order valence-electron chi connectivity index (χ0n) is 12.5. The summed E-state index contributed by atoms with van der Waals surface area (Å²) in [4.78, 5) is 0. The molecule has 4 nitrogen and oxygen atoms in total. The minimum Gasteiger partial charge on any atom is -0.504 e. The molecule has 6 atom stereocenters. The summed E-state index contributed by atoms with van der Waals surface area (Å²) in [5.74, 6) is 1.12. The molecule has 0 amide bonds. The summed E-state index contributed by atoms with van der Waals surface area (Å²) < 4.78 is 6.01. The summed E-state index contributed by atoms with van der Waals surface area (Å²) in [6, 6.07) is 3.63. The molecule has 1 aromatic carbocycles. The highest BCUT2D eigenvalue weighted by Gasteiger charge is 2.71. The van der Waals surface area contributed by atoms with Gasteiger partial charge in [-0.1, -0.05) is 25.1 Å². The maximum atomic E-state index is 11.6. The first-order valence-corrected chi connectivity index (χ1v) is 8.11. The first-order chi connectivity index (χ1) is 10.5. The Bertz CT molecular complexity index is 711. The highest BCUT2D eigenvalue weighted by molar-refractivity contribution is 5.63. The quantitative estimate of drug-likeness (QED) is 0.637. The van der Waals surface area contributed by atoms with Crippen molar-refractivity contribution in [1.82, 2.24) is 0 Å². The minimum atomic E-state index is -0.999. The van der Waals surface area contributed by atoms with Gasteiger partial charge in [0.05, 0.1) is 11.0 Å². The van der Waals surface area contributed by atoms with E-state index < -0.39 is 23.2 Å². The molecule has 1 saturated carbocycles. The summed E-state index contributed by atoms with van der Waals surface area (Å²) in [5.41, 5.74) is 0.464. The number of hydrogen-bond donors (Lipinski definition) is 3. The fourth-order valence-electron chi connectivity index (χ4n) is 5.65. The van der Waals surface area contributed by atoms with Crippen molar-refractivity contribution < 1.29 is 20.1 Å². The van der Waals surface area contributed by atoms with E-state index in [-0.39, 0.29) is 11.7 Å². The van der Waals surface area contributed by atoms with Crippen molar-refractivity contribution in [3.63, 3.8) is 0 Å². The summed E-state index contributed by atoms with van der Waals surface area (Å²) in [6.07, 6.45) is 4.77. The third-order valence-corrected chi connectivity index (χ3v) is 6.66. The molecule has 22 heavy (non-hydrogen) atoms. The van der Waals surface area contributed by atoms with Crippen LogP contribution in [0.5, 0.6) is 11.5 Å². The Morgan fingerprint density at radius 1 is 1.32 bits per heavy atom. The monoisotopic (exact) mass is 300 g/mol. The van der Waals surface area contributed by atoms with E-state index in [2.05, 4.69) is 6.92 Å². The Hall–Kier alpha value is -1.52. The highest BCUT2D eigenvalue weighted by atomic mass is 16.5. The average molecular weight is 300 g/mol. The molecule has 5 rings (SSSR count). The van der Waals surface area contributed by atoms with Crippen molar-refractivity contribution >= 4 is 0 Å². The SMILES string of the molecule is CC1CC[C@]23c4c5ccc(O)c4O[C@H]2C(O)C=C[C@@]3(O)[C@H]1C5. The molecule has 3 N–H and O–H groups in total. The lowest BCUT2D eigenvalue weighted by molar-refractivity contribution is -0.151. The van der Waals surface area contributed by atoms with Crippen molar-refractivity contribution in [1.29, 1.82) is 0 Å². The molecule has 3 aliphatic carbocycles. The molecule has 2 unspecified atom stereocenters. The summed E-state index contributed by atoms with van der Waals surface area (Å²) in [6.45, 7) is 2.20. The van der Waals surface area contributed by atoms with Crippen LogP contribution in [0, 0.1) is 11.8 Å². The largest absolute Gasteiger partial charge is 0.504 e. The van der Waals surface area contributed by atoms with Crippen LogP contribution in [-0.2, 0) is 11.8 Å². The van der Waals surface area contributed by atoms with Gasteiger partial charge in [0, 0.05) is 5.56 Å². The number of hydrogen-bond acceptors (Lipinski definition) is 4. The number of aliphatic hydroxyl groups excluding tert-OH is 1. The lowest BCUT2D eigenvalue weighted by Gasteiger charge is -2.60. The molecule has 1 aromatic rings. The number of phenols is 1. The Kier molecular flexibility index (Phi) is 2.17. The van der Waals surface area contributed by atoms with Crippen LogP contribution in [-0.4, -0.2) is 33.1 Å². The van der Waals surface area contributed by atoms with Crippen LogP contribution in [0.15, 0.2) is 24.3 Å². The van der Waals surface area contributed by atoms with Crippen LogP contribution in [0.25, 0.3) is 0 Å². The lowest BCUT2D eigenvalue weighted by atomic mass is 9.45. The van der Waals surface area contributed by atoms with Gasteiger partial charge in [-0.05, 0) is 42.7 Å². The molecule has 1 heterocycles. The van der Waals surface area contributed by atoms with E-state index in [1.165, 1.54) is 0 Å². The number of benzene rings is 1. The Labute approximate surface area is 129 Å². The van der Waals surface area contributed by atoms with Crippen molar-refractivity contribution in [2.24, 2.45) is 11.8 Å². The fraction of sp³-hybridized carbons (Fsp3) is 0.556. The first kappa shape index (κ1) is 13.0. The van der Waals surface area contributed by atoms with E-state index in [0.29, 0.717) is 11.7 Å². The van der Waals surface area contributed by atoms with Crippen molar-refractivity contribution in [3.8, 4) is 11.5 Å². The van der Waals surface area contributed by atoms with Gasteiger partial charge in [0.1, 0.15) is 12.2 Å². The number of aromatic hydroxyl groups is 1. The molecule has 0 radical (unpaired) electrons. The van der Waals surface area contributed by atoms with E-state index in [1.807, 2.05) is 6.07 Å². The van der Waals surface area contributed by atoms with Crippen LogP contribution in [0.2, 0.25) is 0 Å². The molecule has 4 heteroatoms. The molecule has 1 spiro atoms. The van der Waals surface area contributed by atoms with Gasteiger partial charge in [-0.25, -0.2) is 0 Å². The van der Waals surface area contributed by atoms with Gasteiger partial charge in [-0.15, -0.1) is 0 Å². The van der Waals surface area contributed by atoms with Crippen LogP contribution < -0.4 is 4.74 Å². The second kappa shape index (κ2) is 3.69. The maximum absolute atomic E-state index is 11.6. The normalized spacial score (nSPS) is 47.0. The first-order valence-electron chi connectivity index (χ1n) is 8.11. The van der Waals surface area contributed by atoms with Crippen LogP contribution in [0.4, 0.5) is 0 Å². The molecule has 4 aliphatic rings. The third kappa shape index (κ3) is 1.14. The molecule has 2 bridgehead atoms. The standard InChI is InChI=1S/C18H20O4/c1-9-4-6-17-14-10-2-3-12(19)15(14)22-16(17)13(20)5-7-18(17,21)11(9)8-10/h2-3,5,7,9,11,13,16,19-21H,4,6,8H2,1H3/t9?,11-,13?,16-,17-,18+/m0/s1. The lowest BCUT2D eigenvalue weighted by Crippen LogP contribution is -2.70. The molecule has 116 valence electrons. The molecule has 0 saturated heterocycles. The number of aliphatic hydroxyl groups is 2. The Balaban J connectivity index is 1.89. The van der Waals surface area contributed by atoms with Gasteiger partial charge >= 0.3 is 0 Å². The van der Waals surface area contributed by atoms with Crippen molar-refractivity contribution in [2.75, 3.05) is 0 Å².